The molecule has 0 aliphatic carbocycles. The number of nitrogens with one attached hydrogen (secondary N) is 1. The minimum Gasteiger partial charge on any atom is -0.445 e. The van der Waals surface area contributed by atoms with Gasteiger partial charge in [-0.2, -0.15) is 10.2 Å². The number of amides is 1. The molecule has 2 aromatic rings. The number of alkyl halides is 3. The maximum atomic E-state index is 12.2. The summed E-state index contributed by atoms with van der Waals surface area (Å²) in [6.45, 7) is 7.75. The van der Waals surface area contributed by atoms with Crippen LogP contribution >= 0.6 is 34.8 Å². The summed E-state index contributed by atoms with van der Waals surface area (Å²) in [7, 11) is 0. The van der Waals surface area contributed by atoms with Crippen molar-refractivity contribution in [2.75, 3.05) is 25.1 Å². The molecule has 2 aromatic heterocycles. The molecule has 184 valence electrons. The number of aryl methyl sites for hydroxylation is 1. The third-order valence-electron chi connectivity index (χ3n) is 4.91. The summed E-state index contributed by atoms with van der Waals surface area (Å²) < 4.78 is 18.1. The number of hydrogen-bond donors (Lipinski definition) is 1. The van der Waals surface area contributed by atoms with Gasteiger partial charge in [-0.15, -0.1) is 0 Å². The van der Waals surface area contributed by atoms with Crippen molar-refractivity contribution in [2.24, 2.45) is 0 Å². The Hall–Kier alpha value is -1.52. The monoisotopic (exact) mass is 521 g/mol. The van der Waals surface area contributed by atoms with E-state index in [1.165, 1.54) is 0 Å². The van der Waals surface area contributed by atoms with Gasteiger partial charge in [-0.1, -0.05) is 55.6 Å². The van der Waals surface area contributed by atoms with Crippen LogP contribution in [0.5, 0.6) is 0 Å². The molecule has 33 heavy (non-hydrogen) atoms. The van der Waals surface area contributed by atoms with Crippen LogP contribution < -0.4 is 5.32 Å². The maximum absolute atomic E-state index is 12.2. The van der Waals surface area contributed by atoms with Crippen molar-refractivity contribution < 1.29 is 19.0 Å². The number of hydrogen-bond acceptors (Lipinski definition) is 6. The highest BCUT2D eigenvalue weighted by Gasteiger charge is 2.25. The average Bonchev–Trinajstić information content (AvgIpc) is 3.37. The highest BCUT2D eigenvalue weighted by Crippen LogP contribution is 2.28. The van der Waals surface area contributed by atoms with E-state index in [9.17, 15) is 4.79 Å². The predicted molar refractivity (Wildman–Crippen MR) is 127 cm³/mol. The van der Waals surface area contributed by atoms with Gasteiger partial charge in [0.25, 0.3) is 0 Å². The van der Waals surface area contributed by atoms with Crippen LogP contribution in [0, 0.1) is 0 Å². The molecule has 1 aliphatic rings. The van der Waals surface area contributed by atoms with Crippen molar-refractivity contribution in [3.63, 3.8) is 0 Å². The molecule has 3 rings (SSSR count). The third kappa shape index (κ3) is 8.33. The molecule has 0 bridgehead atoms. The minimum atomic E-state index is -1.69. The van der Waals surface area contributed by atoms with Crippen LogP contribution in [0.15, 0.2) is 18.5 Å². The lowest BCUT2D eigenvalue weighted by Crippen LogP contribution is -2.23. The van der Waals surface area contributed by atoms with Crippen LogP contribution in [-0.2, 0) is 26.2 Å². The minimum absolute atomic E-state index is 0.0956. The smallest absolute Gasteiger partial charge is 0.412 e. The molecule has 1 saturated heterocycles. The van der Waals surface area contributed by atoms with Crippen molar-refractivity contribution in [3.8, 4) is 5.69 Å². The number of nitrogens with zero attached hydrogens (tertiary/aromatic N) is 4. The fraction of sp³-hybridized carbons (Fsp3) is 0.667. The van der Waals surface area contributed by atoms with E-state index < -0.39 is 9.89 Å². The molecule has 1 N–H and O–H groups in total. The lowest BCUT2D eigenvalue weighted by molar-refractivity contribution is -0.163. The summed E-state index contributed by atoms with van der Waals surface area (Å²) >= 11 is 17.0. The fourth-order valence-corrected chi connectivity index (χ4v) is 3.35. The molecule has 1 fully saturated rings. The van der Waals surface area contributed by atoms with E-state index in [1.807, 2.05) is 31.6 Å². The largest absolute Gasteiger partial charge is 0.445 e. The van der Waals surface area contributed by atoms with Crippen molar-refractivity contribution in [1.29, 1.82) is 0 Å². The highest BCUT2D eigenvalue weighted by molar-refractivity contribution is 6.67. The van der Waals surface area contributed by atoms with Gasteiger partial charge in [-0.05, 0) is 25.7 Å². The van der Waals surface area contributed by atoms with Gasteiger partial charge in [0.05, 0.1) is 24.7 Å². The molecule has 0 aromatic carbocycles. The van der Waals surface area contributed by atoms with Crippen LogP contribution in [0.3, 0.4) is 0 Å². The lowest BCUT2D eigenvalue weighted by Gasteiger charge is -2.22. The van der Waals surface area contributed by atoms with Crippen molar-refractivity contribution >= 4 is 46.7 Å². The van der Waals surface area contributed by atoms with E-state index in [1.54, 1.807) is 16.9 Å². The SMILES string of the molecule is CC(C)(C)c1cc(NC(=O)OCC(Cl)(Cl)Cl)n(-c2cnn(CCCOC3CCCCO3)c2)n1. The number of rotatable bonds is 8. The van der Waals surface area contributed by atoms with Crippen molar-refractivity contribution in [3.05, 3.63) is 24.2 Å². The maximum Gasteiger partial charge on any atom is 0.412 e. The lowest BCUT2D eigenvalue weighted by atomic mass is 9.92. The van der Waals surface area contributed by atoms with Gasteiger partial charge in [0, 0.05) is 24.6 Å². The van der Waals surface area contributed by atoms with E-state index in [0.717, 1.165) is 38.0 Å². The van der Waals surface area contributed by atoms with Gasteiger partial charge in [0.1, 0.15) is 18.1 Å². The Kier molecular flexibility index (Phi) is 8.91. The standard InChI is InChI=1S/C21H30Cl3N5O4/c1-20(2,3)16-11-17(26-19(30)33-14-21(22,23)24)29(27-16)15-12-25-28(13-15)8-6-10-32-18-7-4-5-9-31-18/h11-13,18H,4-10,14H2,1-3H3,(H,26,30). The molecule has 0 saturated carbocycles. The molecular weight excluding hydrogens is 493 g/mol. The van der Waals surface area contributed by atoms with Crippen molar-refractivity contribution in [2.45, 2.75) is 68.5 Å². The molecule has 1 unspecified atom stereocenters. The van der Waals surface area contributed by atoms with Gasteiger partial charge < -0.3 is 14.2 Å². The first kappa shape index (κ1) is 26.1. The summed E-state index contributed by atoms with van der Waals surface area (Å²) in [5.74, 6) is 0.423. The number of anilines is 1. The summed E-state index contributed by atoms with van der Waals surface area (Å²) in [4.78, 5) is 12.2. The fourth-order valence-electron chi connectivity index (χ4n) is 3.19. The Morgan fingerprint density at radius 2 is 2.09 bits per heavy atom. The van der Waals surface area contributed by atoms with Crippen LogP contribution in [0.25, 0.3) is 5.69 Å². The quantitative estimate of drug-likeness (QED) is 0.377. The van der Waals surface area contributed by atoms with Crippen LogP contribution in [0.4, 0.5) is 10.6 Å². The normalized spacial score (nSPS) is 17.2. The van der Waals surface area contributed by atoms with Crippen LogP contribution in [0.2, 0.25) is 0 Å². The van der Waals surface area contributed by atoms with Gasteiger partial charge >= 0.3 is 6.09 Å². The van der Waals surface area contributed by atoms with Gasteiger partial charge in [0.2, 0.25) is 3.79 Å². The molecule has 3 heterocycles. The van der Waals surface area contributed by atoms with Crippen LogP contribution in [-0.4, -0.2) is 55.6 Å². The molecule has 1 atom stereocenters. The van der Waals surface area contributed by atoms with Crippen LogP contribution in [0.1, 0.15) is 52.1 Å². The zero-order valence-electron chi connectivity index (χ0n) is 19.0. The molecule has 1 amide bonds. The number of aromatic nitrogens is 4. The summed E-state index contributed by atoms with van der Waals surface area (Å²) in [6, 6.07) is 1.78. The molecule has 9 nitrogen and oxygen atoms in total. The zero-order valence-corrected chi connectivity index (χ0v) is 21.3. The Labute approximate surface area is 208 Å². The third-order valence-corrected chi connectivity index (χ3v) is 5.24. The second kappa shape index (κ2) is 11.3. The summed E-state index contributed by atoms with van der Waals surface area (Å²) in [5, 5.41) is 11.7. The van der Waals surface area contributed by atoms with Gasteiger partial charge in [-0.3, -0.25) is 10.00 Å². The van der Waals surface area contributed by atoms with Gasteiger partial charge in [0.15, 0.2) is 6.29 Å². The molecular formula is C21H30Cl3N5O4. The average molecular weight is 523 g/mol. The zero-order chi connectivity index (χ0) is 24.1. The van der Waals surface area contributed by atoms with E-state index in [4.69, 9.17) is 49.0 Å². The first-order valence-corrected chi connectivity index (χ1v) is 12.0. The summed E-state index contributed by atoms with van der Waals surface area (Å²) in [6.07, 6.45) is 6.67. The first-order valence-electron chi connectivity index (χ1n) is 10.9. The number of carbonyl (C=O) groups is 1. The predicted octanol–water partition coefficient (Wildman–Crippen LogP) is 5.22. The van der Waals surface area contributed by atoms with E-state index in [0.29, 0.717) is 24.7 Å². The molecule has 12 heteroatoms. The number of carbonyl (C=O) groups excluding carboxylic acids is 1. The van der Waals surface area contributed by atoms with Crippen molar-refractivity contribution in [1.82, 2.24) is 19.6 Å². The molecule has 0 spiro atoms. The highest BCUT2D eigenvalue weighted by atomic mass is 35.6. The second-order valence-corrected chi connectivity index (χ2v) is 11.4. The molecule has 1 aliphatic heterocycles. The number of ether oxygens (including phenoxy) is 3. The first-order chi connectivity index (χ1) is 15.5. The topological polar surface area (TPSA) is 92.4 Å². The summed E-state index contributed by atoms with van der Waals surface area (Å²) in [5.41, 5.74) is 1.24. The Bertz CT molecular complexity index is 914. The Morgan fingerprint density at radius 3 is 2.76 bits per heavy atom. The van der Waals surface area contributed by atoms with Gasteiger partial charge in [-0.25, -0.2) is 9.48 Å². The Morgan fingerprint density at radius 1 is 1.30 bits per heavy atom. The molecule has 0 radical (unpaired) electrons. The van der Waals surface area contributed by atoms with E-state index in [2.05, 4.69) is 15.5 Å². The van der Waals surface area contributed by atoms with E-state index >= 15 is 0 Å². The second-order valence-electron chi connectivity index (χ2n) is 8.88. The van der Waals surface area contributed by atoms with E-state index in [-0.39, 0.29) is 18.3 Å². The Balaban J connectivity index is 1.64. The number of halogens is 3.